The Hall–Kier alpha value is -2.36. The summed E-state index contributed by atoms with van der Waals surface area (Å²) in [4.78, 5) is 14.7. The Morgan fingerprint density at radius 1 is 1.22 bits per heavy atom. The molecule has 122 valence electrons. The van der Waals surface area contributed by atoms with Gasteiger partial charge in [-0.1, -0.05) is 42.5 Å². The van der Waals surface area contributed by atoms with Gasteiger partial charge in [-0.15, -0.1) is 0 Å². The van der Waals surface area contributed by atoms with Crippen LogP contribution in [0.3, 0.4) is 0 Å². The van der Waals surface area contributed by atoms with Crippen LogP contribution in [0.1, 0.15) is 41.2 Å². The normalized spacial score (nSPS) is 11.1. The van der Waals surface area contributed by atoms with Crippen LogP contribution in [0.4, 0.5) is 0 Å². The Bertz CT molecular complexity index is 686. The first kappa shape index (κ1) is 17.0. The van der Waals surface area contributed by atoms with Crippen molar-refractivity contribution in [3.8, 4) is 0 Å². The Kier molecular flexibility index (Phi) is 5.74. The summed E-state index contributed by atoms with van der Waals surface area (Å²) in [5.74, 6) is 0.0555. The summed E-state index contributed by atoms with van der Waals surface area (Å²) in [6, 6.07) is 10.1. The zero-order chi connectivity index (χ0) is 16.8. The molecule has 0 fully saturated rings. The first-order valence-electron chi connectivity index (χ1n) is 8.13. The van der Waals surface area contributed by atoms with Gasteiger partial charge in [0, 0.05) is 25.3 Å². The average Bonchev–Trinajstić information content (AvgIpc) is 2.86. The number of aromatic nitrogens is 2. The number of hydrogen-bond acceptors (Lipinski definition) is 2. The van der Waals surface area contributed by atoms with Crippen molar-refractivity contribution in [2.24, 2.45) is 0 Å². The predicted molar refractivity (Wildman–Crippen MR) is 94.4 cm³/mol. The molecule has 1 aromatic heterocycles. The van der Waals surface area contributed by atoms with Crippen molar-refractivity contribution >= 4 is 12.0 Å². The quantitative estimate of drug-likeness (QED) is 0.816. The zero-order valence-electron chi connectivity index (χ0n) is 14.4. The predicted octanol–water partition coefficient (Wildman–Crippen LogP) is 3.70. The fourth-order valence-corrected chi connectivity index (χ4v) is 2.71. The molecule has 0 aliphatic carbocycles. The highest BCUT2D eigenvalue weighted by Crippen LogP contribution is 2.16. The Labute approximate surface area is 138 Å². The topological polar surface area (TPSA) is 38.1 Å². The van der Waals surface area contributed by atoms with Crippen LogP contribution in [-0.2, 0) is 6.54 Å². The molecule has 4 nitrogen and oxygen atoms in total. The Morgan fingerprint density at radius 2 is 1.91 bits per heavy atom. The minimum atomic E-state index is 0.0555. The van der Waals surface area contributed by atoms with Gasteiger partial charge in [0.05, 0.1) is 11.3 Å². The summed E-state index contributed by atoms with van der Waals surface area (Å²) in [7, 11) is 0. The summed E-state index contributed by atoms with van der Waals surface area (Å²) < 4.78 is 1.89. The molecular weight excluding hydrogens is 286 g/mol. The number of aryl methyl sites for hydroxylation is 2. The molecule has 0 saturated carbocycles. The van der Waals surface area contributed by atoms with E-state index in [2.05, 4.69) is 5.10 Å². The highest BCUT2D eigenvalue weighted by atomic mass is 16.2. The maximum absolute atomic E-state index is 12.8. The van der Waals surface area contributed by atoms with E-state index in [0.717, 1.165) is 29.1 Å². The van der Waals surface area contributed by atoms with Crippen molar-refractivity contribution in [2.75, 3.05) is 13.1 Å². The standard InChI is InChI=1S/C19H25N3O/c1-5-21(14-10-13-17-11-8-7-9-12-17)19(23)18-15(3)20-22(6-2)16(18)4/h7-13H,5-6,14H2,1-4H3. The number of likely N-dealkylation sites (N-methyl/N-ethyl adjacent to an activating group) is 1. The molecule has 23 heavy (non-hydrogen) atoms. The lowest BCUT2D eigenvalue weighted by Gasteiger charge is -2.19. The van der Waals surface area contributed by atoms with Gasteiger partial charge in [-0.3, -0.25) is 9.48 Å². The molecular formula is C19H25N3O. The van der Waals surface area contributed by atoms with Gasteiger partial charge in [-0.2, -0.15) is 5.10 Å². The Balaban J connectivity index is 2.13. The lowest BCUT2D eigenvalue weighted by atomic mass is 10.1. The molecule has 0 atom stereocenters. The number of amides is 1. The van der Waals surface area contributed by atoms with Crippen molar-refractivity contribution in [2.45, 2.75) is 34.2 Å². The van der Waals surface area contributed by atoms with Crippen LogP contribution < -0.4 is 0 Å². The number of hydrogen-bond donors (Lipinski definition) is 0. The monoisotopic (exact) mass is 311 g/mol. The highest BCUT2D eigenvalue weighted by Gasteiger charge is 2.21. The van der Waals surface area contributed by atoms with E-state index in [1.165, 1.54) is 0 Å². The highest BCUT2D eigenvalue weighted by molar-refractivity contribution is 5.96. The van der Waals surface area contributed by atoms with Gasteiger partial charge in [0.1, 0.15) is 0 Å². The van der Waals surface area contributed by atoms with E-state index >= 15 is 0 Å². The minimum Gasteiger partial charge on any atom is -0.335 e. The smallest absolute Gasteiger partial charge is 0.257 e. The number of rotatable bonds is 6. The van der Waals surface area contributed by atoms with Crippen LogP contribution in [-0.4, -0.2) is 33.7 Å². The third-order valence-corrected chi connectivity index (χ3v) is 4.00. The van der Waals surface area contributed by atoms with Gasteiger partial charge in [0.25, 0.3) is 5.91 Å². The van der Waals surface area contributed by atoms with E-state index in [0.29, 0.717) is 13.1 Å². The second-order valence-electron chi connectivity index (χ2n) is 5.52. The maximum Gasteiger partial charge on any atom is 0.257 e. The lowest BCUT2D eigenvalue weighted by Crippen LogP contribution is -2.31. The molecule has 0 bridgehead atoms. The third kappa shape index (κ3) is 3.89. The van der Waals surface area contributed by atoms with Crippen molar-refractivity contribution < 1.29 is 4.79 Å². The molecule has 0 saturated heterocycles. The second kappa shape index (κ2) is 7.77. The fraction of sp³-hybridized carbons (Fsp3) is 0.368. The number of carbonyl (C=O) groups is 1. The first-order valence-corrected chi connectivity index (χ1v) is 8.13. The van der Waals surface area contributed by atoms with Crippen molar-refractivity contribution in [3.63, 3.8) is 0 Å². The number of carbonyl (C=O) groups excluding carboxylic acids is 1. The summed E-state index contributed by atoms with van der Waals surface area (Å²) in [5.41, 5.74) is 3.63. The molecule has 0 radical (unpaired) electrons. The molecule has 2 rings (SSSR count). The lowest BCUT2D eigenvalue weighted by molar-refractivity contribution is 0.0780. The van der Waals surface area contributed by atoms with Gasteiger partial charge in [0.15, 0.2) is 0 Å². The van der Waals surface area contributed by atoms with E-state index in [4.69, 9.17) is 0 Å². The maximum atomic E-state index is 12.8. The summed E-state index contributed by atoms with van der Waals surface area (Å²) in [6.45, 7) is 9.95. The molecule has 0 aliphatic rings. The van der Waals surface area contributed by atoms with Gasteiger partial charge in [-0.25, -0.2) is 0 Å². The fourth-order valence-electron chi connectivity index (χ4n) is 2.71. The van der Waals surface area contributed by atoms with Crippen LogP contribution in [0.25, 0.3) is 6.08 Å². The zero-order valence-corrected chi connectivity index (χ0v) is 14.4. The minimum absolute atomic E-state index is 0.0555. The number of benzene rings is 1. The van der Waals surface area contributed by atoms with E-state index in [-0.39, 0.29) is 5.91 Å². The van der Waals surface area contributed by atoms with Gasteiger partial charge in [0.2, 0.25) is 0 Å². The third-order valence-electron chi connectivity index (χ3n) is 4.00. The van der Waals surface area contributed by atoms with Crippen LogP contribution in [0, 0.1) is 13.8 Å². The van der Waals surface area contributed by atoms with Gasteiger partial charge < -0.3 is 4.90 Å². The van der Waals surface area contributed by atoms with Gasteiger partial charge >= 0.3 is 0 Å². The molecule has 1 amide bonds. The summed E-state index contributed by atoms with van der Waals surface area (Å²) in [5, 5.41) is 4.45. The largest absolute Gasteiger partial charge is 0.335 e. The molecule has 0 unspecified atom stereocenters. The molecule has 0 N–H and O–H groups in total. The van der Waals surface area contributed by atoms with Crippen LogP contribution in [0.2, 0.25) is 0 Å². The van der Waals surface area contributed by atoms with Crippen molar-refractivity contribution in [3.05, 3.63) is 58.9 Å². The van der Waals surface area contributed by atoms with Gasteiger partial charge in [-0.05, 0) is 33.3 Å². The van der Waals surface area contributed by atoms with Crippen LogP contribution >= 0.6 is 0 Å². The summed E-state index contributed by atoms with van der Waals surface area (Å²) in [6.07, 6.45) is 4.08. The van der Waals surface area contributed by atoms with E-state index in [1.54, 1.807) is 0 Å². The van der Waals surface area contributed by atoms with E-state index in [1.807, 2.05) is 79.8 Å². The molecule has 1 aromatic carbocycles. The molecule has 4 heteroatoms. The van der Waals surface area contributed by atoms with Crippen molar-refractivity contribution in [1.82, 2.24) is 14.7 Å². The average molecular weight is 311 g/mol. The number of nitrogens with zero attached hydrogens (tertiary/aromatic N) is 3. The molecule has 2 aromatic rings. The second-order valence-corrected chi connectivity index (χ2v) is 5.52. The Morgan fingerprint density at radius 3 is 2.48 bits per heavy atom. The van der Waals surface area contributed by atoms with Crippen LogP contribution in [0.15, 0.2) is 36.4 Å². The van der Waals surface area contributed by atoms with Crippen molar-refractivity contribution in [1.29, 1.82) is 0 Å². The summed E-state index contributed by atoms with van der Waals surface area (Å²) >= 11 is 0. The first-order chi connectivity index (χ1) is 11.1. The van der Waals surface area contributed by atoms with E-state index < -0.39 is 0 Å². The SMILES string of the molecule is CCN(CC=Cc1ccccc1)C(=O)c1c(C)nn(CC)c1C. The van der Waals surface area contributed by atoms with Crippen LogP contribution in [0.5, 0.6) is 0 Å². The molecule has 1 heterocycles. The van der Waals surface area contributed by atoms with E-state index in [9.17, 15) is 4.79 Å². The molecule has 0 aliphatic heterocycles. The molecule has 0 spiro atoms.